The highest BCUT2D eigenvalue weighted by Gasteiger charge is 2.08. The fraction of sp³-hybridized carbons (Fsp3) is 0.300. The highest BCUT2D eigenvalue weighted by atomic mass is 79.9. The molecule has 0 fully saturated rings. The van der Waals surface area contributed by atoms with Crippen LogP contribution in [0, 0.1) is 0 Å². The van der Waals surface area contributed by atoms with Crippen molar-refractivity contribution >= 4 is 38.6 Å². The first kappa shape index (κ1) is 13.1. The van der Waals surface area contributed by atoms with Gasteiger partial charge in [0.1, 0.15) is 11.6 Å². The van der Waals surface area contributed by atoms with E-state index >= 15 is 0 Å². The second-order valence-electron chi connectivity index (χ2n) is 3.17. The minimum absolute atomic E-state index is 0.139. The van der Waals surface area contributed by atoms with E-state index in [1.807, 2.05) is 16.8 Å². The summed E-state index contributed by atoms with van der Waals surface area (Å²) in [7, 11) is 0. The minimum Gasteiger partial charge on any atom is -0.368 e. The monoisotopic (exact) mass is 339 g/mol. The summed E-state index contributed by atoms with van der Waals surface area (Å²) in [5.41, 5.74) is 1.88. The number of alkyl halides is 2. The second kappa shape index (κ2) is 5.99. The summed E-state index contributed by atoms with van der Waals surface area (Å²) >= 11 is 6.37. The summed E-state index contributed by atoms with van der Waals surface area (Å²) in [5, 5.41) is 4.60. The van der Waals surface area contributed by atoms with Crippen molar-refractivity contribution in [2.45, 2.75) is 13.0 Å². The van der Waals surface area contributed by atoms with Crippen LogP contribution in [0.25, 0.3) is 11.3 Å². The van der Waals surface area contributed by atoms with Crippen LogP contribution in [-0.2, 0) is 11.3 Å². The van der Waals surface area contributed by atoms with Gasteiger partial charge >= 0.3 is 0 Å². The molecule has 0 aliphatic heterocycles. The normalized spacial score (nSPS) is 11.3. The Morgan fingerprint density at radius 3 is 2.82 bits per heavy atom. The Morgan fingerprint density at radius 2 is 2.18 bits per heavy atom. The molecule has 0 amide bonds. The van der Waals surface area contributed by atoms with Gasteiger partial charge in [0, 0.05) is 16.3 Å². The van der Waals surface area contributed by atoms with E-state index in [9.17, 15) is 8.78 Å². The molecule has 0 spiro atoms. The zero-order valence-corrected chi connectivity index (χ0v) is 11.7. The Bertz CT molecular complexity index is 486. The quantitative estimate of drug-likeness (QED) is 0.804. The van der Waals surface area contributed by atoms with E-state index in [-0.39, 0.29) is 6.61 Å². The van der Waals surface area contributed by atoms with Crippen LogP contribution in [0.15, 0.2) is 20.6 Å². The molecule has 7 heteroatoms. The number of hydrogen-bond acceptors (Lipinski definition) is 4. The number of rotatable bonds is 5. The van der Waals surface area contributed by atoms with Crippen molar-refractivity contribution in [3.63, 3.8) is 0 Å². The van der Waals surface area contributed by atoms with E-state index in [0.29, 0.717) is 5.01 Å². The molecule has 2 nitrogen and oxygen atoms in total. The molecule has 2 aromatic rings. The highest BCUT2D eigenvalue weighted by molar-refractivity contribution is 9.11. The van der Waals surface area contributed by atoms with Gasteiger partial charge in [-0.05, 0) is 22.0 Å². The van der Waals surface area contributed by atoms with Crippen LogP contribution in [0.5, 0.6) is 0 Å². The summed E-state index contributed by atoms with van der Waals surface area (Å²) in [4.78, 5) is 4.33. The third kappa shape index (κ3) is 3.80. The van der Waals surface area contributed by atoms with E-state index < -0.39 is 13.0 Å². The first-order chi connectivity index (χ1) is 8.15. The molecule has 0 radical (unpaired) electrons. The van der Waals surface area contributed by atoms with Gasteiger partial charge in [-0.3, -0.25) is 0 Å². The van der Waals surface area contributed by atoms with Gasteiger partial charge < -0.3 is 4.74 Å². The van der Waals surface area contributed by atoms with E-state index in [1.165, 1.54) is 11.3 Å². The Kier molecular flexibility index (Phi) is 4.61. The predicted octanol–water partition coefficient (Wildman–Crippen LogP) is 4.42. The topological polar surface area (TPSA) is 22.1 Å². The number of aromatic nitrogens is 1. The van der Waals surface area contributed by atoms with Crippen molar-refractivity contribution in [3.05, 3.63) is 25.6 Å². The molecule has 92 valence electrons. The van der Waals surface area contributed by atoms with Crippen molar-refractivity contribution in [2.24, 2.45) is 0 Å². The van der Waals surface area contributed by atoms with Gasteiger partial charge in [0.15, 0.2) is 0 Å². The van der Waals surface area contributed by atoms with Gasteiger partial charge in [0.2, 0.25) is 0 Å². The maximum Gasteiger partial charge on any atom is 0.261 e. The fourth-order valence-electron chi connectivity index (χ4n) is 1.19. The van der Waals surface area contributed by atoms with Crippen molar-refractivity contribution in [1.29, 1.82) is 0 Å². The molecule has 0 N–H and O–H groups in total. The predicted molar refractivity (Wildman–Crippen MR) is 68.8 cm³/mol. The lowest BCUT2D eigenvalue weighted by Crippen LogP contribution is -2.03. The van der Waals surface area contributed by atoms with Crippen LogP contribution in [0.2, 0.25) is 0 Å². The van der Waals surface area contributed by atoms with Crippen LogP contribution in [-0.4, -0.2) is 18.0 Å². The Labute approximate surface area is 113 Å². The molecule has 0 aliphatic carbocycles. The number of thiophene rings is 1. The molecular formula is C10H8BrF2NOS2. The van der Waals surface area contributed by atoms with Gasteiger partial charge in [-0.25, -0.2) is 13.8 Å². The lowest BCUT2D eigenvalue weighted by atomic mass is 10.3. The average Bonchev–Trinajstić information content (AvgIpc) is 2.86. The van der Waals surface area contributed by atoms with Gasteiger partial charge in [0.25, 0.3) is 6.43 Å². The molecule has 0 bridgehead atoms. The molecule has 0 saturated heterocycles. The number of nitrogens with zero attached hydrogens (tertiary/aromatic N) is 1. The van der Waals surface area contributed by atoms with E-state index in [0.717, 1.165) is 15.0 Å². The molecule has 2 rings (SSSR count). The largest absolute Gasteiger partial charge is 0.368 e. The van der Waals surface area contributed by atoms with Crippen molar-refractivity contribution in [2.75, 3.05) is 6.61 Å². The average molecular weight is 340 g/mol. The van der Waals surface area contributed by atoms with Crippen LogP contribution in [0.3, 0.4) is 0 Å². The standard InChI is InChI=1S/C10H8BrF2NOS2/c11-8-1-6(4-16-8)7-5-17-10(14-7)3-15-2-9(12)13/h1,4-5,9H,2-3H2. The van der Waals surface area contributed by atoms with Crippen molar-refractivity contribution in [3.8, 4) is 11.3 Å². The van der Waals surface area contributed by atoms with Gasteiger partial charge in [-0.15, -0.1) is 22.7 Å². The number of hydrogen-bond donors (Lipinski definition) is 0. The third-order valence-corrected chi connectivity index (χ3v) is 4.21. The number of halogens is 3. The van der Waals surface area contributed by atoms with Crippen LogP contribution >= 0.6 is 38.6 Å². The molecule has 0 saturated carbocycles. The van der Waals surface area contributed by atoms with E-state index in [2.05, 4.69) is 20.9 Å². The smallest absolute Gasteiger partial charge is 0.261 e. The lowest BCUT2D eigenvalue weighted by molar-refractivity contribution is 0.00985. The number of thiazole rings is 1. The second-order valence-corrected chi connectivity index (χ2v) is 6.41. The fourth-order valence-corrected chi connectivity index (χ4v) is 3.08. The Hall–Kier alpha value is -0.370. The molecular weight excluding hydrogens is 332 g/mol. The molecule has 0 aromatic carbocycles. The summed E-state index contributed by atoms with van der Waals surface area (Å²) in [6, 6.07) is 1.98. The summed E-state index contributed by atoms with van der Waals surface area (Å²) in [6.45, 7) is -0.404. The zero-order valence-electron chi connectivity index (χ0n) is 8.53. The first-order valence-electron chi connectivity index (χ1n) is 4.70. The molecule has 0 aliphatic rings. The Balaban J connectivity index is 1.96. The van der Waals surface area contributed by atoms with Crippen LogP contribution < -0.4 is 0 Å². The highest BCUT2D eigenvalue weighted by Crippen LogP contribution is 2.29. The molecule has 17 heavy (non-hydrogen) atoms. The summed E-state index contributed by atoms with van der Waals surface area (Å²) < 4.78 is 29.6. The maximum absolute atomic E-state index is 11.9. The van der Waals surface area contributed by atoms with E-state index in [4.69, 9.17) is 4.74 Å². The summed E-state index contributed by atoms with van der Waals surface area (Å²) in [5.74, 6) is 0. The molecule has 2 aromatic heterocycles. The van der Waals surface area contributed by atoms with Crippen LogP contribution in [0.1, 0.15) is 5.01 Å². The zero-order chi connectivity index (χ0) is 12.3. The minimum atomic E-state index is -2.43. The molecule has 0 atom stereocenters. The van der Waals surface area contributed by atoms with Crippen molar-refractivity contribution in [1.82, 2.24) is 4.98 Å². The van der Waals surface area contributed by atoms with Gasteiger partial charge in [0.05, 0.1) is 16.1 Å². The van der Waals surface area contributed by atoms with Crippen LogP contribution in [0.4, 0.5) is 8.78 Å². The summed E-state index contributed by atoms with van der Waals surface area (Å²) in [6.07, 6.45) is -2.43. The Morgan fingerprint density at radius 1 is 1.35 bits per heavy atom. The van der Waals surface area contributed by atoms with Gasteiger partial charge in [-0.2, -0.15) is 0 Å². The van der Waals surface area contributed by atoms with Crippen molar-refractivity contribution < 1.29 is 13.5 Å². The first-order valence-corrected chi connectivity index (χ1v) is 7.25. The SMILES string of the molecule is FC(F)COCc1nc(-c2csc(Br)c2)cs1. The lowest BCUT2D eigenvalue weighted by Gasteiger charge is -1.99. The molecule has 2 heterocycles. The van der Waals surface area contributed by atoms with Gasteiger partial charge in [-0.1, -0.05) is 0 Å². The molecule has 0 unspecified atom stereocenters. The van der Waals surface area contributed by atoms with E-state index in [1.54, 1.807) is 11.3 Å². The number of ether oxygens (including phenoxy) is 1. The third-order valence-electron chi connectivity index (χ3n) is 1.88. The maximum atomic E-state index is 11.9.